The highest BCUT2D eigenvalue weighted by molar-refractivity contribution is 9.10. The van der Waals surface area contributed by atoms with Crippen LogP contribution in [0.5, 0.6) is 0 Å². The molecule has 0 aliphatic rings. The molecule has 0 aromatic heterocycles. The summed E-state index contributed by atoms with van der Waals surface area (Å²) in [5.41, 5.74) is 7.86. The number of nitrogens with two attached hydrogens (primary N) is 1. The molecule has 2 nitrogen and oxygen atoms in total. The Bertz CT molecular complexity index is 779. The lowest BCUT2D eigenvalue weighted by Gasteiger charge is -2.11. The smallest absolute Gasteiger partial charge is 0.249 e. The first-order valence-electron chi connectivity index (χ1n) is 7.36. The zero-order valence-corrected chi connectivity index (χ0v) is 15.7. The number of carbonyl (C=O) groups excluding carboxylic acids is 1. The molecule has 2 N–H and O–H groups in total. The SMILES string of the molecule is CSc1ccccc1-c1cc(Br)ccc1C(N)=O.c1ccccc1. The lowest BCUT2D eigenvalue weighted by molar-refractivity contribution is 0.100. The second-order valence-electron chi connectivity index (χ2n) is 4.91. The summed E-state index contributed by atoms with van der Waals surface area (Å²) in [4.78, 5) is 12.6. The van der Waals surface area contributed by atoms with Crippen molar-refractivity contribution in [3.05, 3.63) is 88.9 Å². The summed E-state index contributed by atoms with van der Waals surface area (Å²) < 4.78 is 0.929. The topological polar surface area (TPSA) is 43.1 Å². The van der Waals surface area contributed by atoms with E-state index in [2.05, 4.69) is 15.9 Å². The minimum absolute atomic E-state index is 0.409. The third-order valence-electron chi connectivity index (χ3n) is 3.31. The fourth-order valence-corrected chi connectivity index (χ4v) is 3.18. The molecule has 24 heavy (non-hydrogen) atoms. The van der Waals surface area contributed by atoms with Crippen molar-refractivity contribution in [2.45, 2.75) is 4.90 Å². The predicted octanol–water partition coefficient (Wildman–Crippen LogP) is 5.62. The number of carbonyl (C=O) groups is 1. The fourth-order valence-electron chi connectivity index (χ4n) is 2.21. The molecular weight excluding hydrogens is 382 g/mol. The number of hydrogen-bond donors (Lipinski definition) is 1. The molecule has 0 radical (unpaired) electrons. The van der Waals surface area contributed by atoms with Crippen molar-refractivity contribution in [2.24, 2.45) is 5.73 Å². The van der Waals surface area contributed by atoms with E-state index in [1.807, 2.05) is 79.1 Å². The molecule has 0 aliphatic heterocycles. The van der Waals surface area contributed by atoms with E-state index in [-0.39, 0.29) is 0 Å². The highest BCUT2D eigenvalue weighted by Gasteiger charge is 2.13. The van der Waals surface area contributed by atoms with Gasteiger partial charge in [-0.25, -0.2) is 0 Å². The van der Waals surface area contributed by atoms with Gasteiger partial charge in [0, 0.05) is 14.9 Å². The monoisotopic (exact) mass is 399 g/mol. The van der Waals surface area contributed by atoms with Gasteiger partial charge in [-0.05, 0) is 41.6 Å². The molecule has 3 aromatic rings. The molecule has 0 unspecified atom stereocenters. The summed E-state index contributed by atoms with van der Waals surface area (Å²) in [5, 5.41) is 0. The summed E-state index contributed by atoms with van der Waals surface area (Å²) in [6.45, 7) is 0. The molecule has 0 fully saturated rings. The molecule has 0 saturated heterocycles. The molecule has 3 aromatic carbocycles. The second kappa shape index (κ2) is 9.30. The number of amides is 1. The number of benzene rings is 3. The molecule has 3 rings (SSSR count). The van der Waals surface area contributed by atoms with Crippen LogP contribution in [0.25, 0.3) is 11.1 Å². The Kier molecular flexibility index (Phi) is 7.09. The Hall–Kier alpha value is -2.04. The lowest BCUT2D eigenvalue weighted by atomic mass is 9.99. The largest absolute Gasteiger partial charge is 0.366 e. The van der Waals surface area contributed by atoms with E-state index in [0.717, 1.165) is 20.5 Å². The zero-order chi connectivity index (χ0) is 17.4. The van der Waals surface area contributed by atoms with Gasteiger partial charge in [0.2, 0.25) is 5.91 Å². The first-order valence-corrected chi connectivity index (χ1v) is 9.38. The molecule has 0 spiro atoms. The number of rotatable bonds is 3. The number of hydrogen-bond acceptors (Lipinski definition) is 2. The molecule has 0 aliphatic carbocycles. The van der Waals surface area contributed by atoms with Crippen LogP contribution in [0.4, 0.5) is 0 Å². The maximum Gasteiger partial charge on any atom is 0.249 e. The molecule has 0 bridgehead atoms. The Morgan fingerprint density at radius 1 is 0.875 bits per heavy atom. The third kappa shape index (κ3) is 4.98. The summed E-state index contributed by atoms with van der Waals surface area (Å²) >= 11 is 5.08. The fraction of sp³-hybridized carbons (Fsp3) is 0.0500. The molecule has 1 amide bonds. The van der Waals surface area contributed by atoms with Gasteiger partial charge in [0.1, 0.15) is 0 Å². The molecule has 0 heterocycles. The van der Waals surface area contributed by atoms with Crippen LogP contribution in [0.3, 0.4) is 0 Å². The van der Waals surface area contributed by atoms with Crippen molar-refractivity contribution in [3.63, 3.8) is 0 Å². The van der Waals surface area contributed by atoms with Gasteiger partial charge >= 0.3 is 0 Å². The summed E-state index contributed by atoms with van der Waals surface area (Å²) in [6, 6.07) is 25.5. The zero-order valence-electron chi connectivity index (χ0n) is 13.3. The van der Waals surface area contributed by atoms with Gasteiger partial charge in [-0.1, -0.05) is 70.5 Å². The van der Waals surface area contributed by atoms with Crippen LogP contribution in [0.1, 0.15) is 10.4 Å². The van der Waals surface area contributed by atoms with E-state index < -0.39 is 5.91 Å². The minimum Gasteiger partial charge on any atom is -0.366 e. The van der Waals surface area contributed by atoms with E-state index in [9.17, 15) is 4.79 Å². The summed E-state index contributed by atoms with van der Waals surface area (Å²) in [6.07, 6.45) is 2.01. The van der Waals surface area contributed by atoms with Crippen LogP contribution in [-0.2, 0) is 0 Å². The average molecular weight is 400 g/mol. The van der Waals surface area contributed by atoms with E-state index in [0.29, 0.717) is 5.56 Å². The minimum atomic E-state index is -0.409. The summed E-state index contributed by atoms with van der Waals surface area (Å²) in [5.74, 6) is -0.409. The van der Waals surface area contributed by atoms with Crippen LogP contribution in [0.15, 0.2) is 88.2 Å². The maximum absolute atomic E-state index is 11.5. The van der Waals surface area contributed by atoms with E-state index in [1.54, 1.807) is 17.8 Å². The Morgan fingerprint density at radius 3 is 2.00 bits per heavy atom. The van der Waals surface area contributed by atoms with Crippen LogP contribution in [0.2, 0.25) is 0 Å². The lowest BCUT2D eigenvalue weighted by Crippen LogP contribution is -2.12. The first kappa shape index (κ1) is 18.3. The molecule has 122 valence electrons. The predicted molar refractivity (Wildman–Crippen MR) is 106 cm³/mol. The molecule has 0 atom stereocenters. The van der Waals surface area contributed by atoms with E-state index in [4.69, 9.17) is 5.73 Å². The van der Waals surface area contributed by atoms with Crippen LogP contribution >= 0.6 is 27.7 Å². The van der Waals surface area contributed by atoms with E-state index in [1.165, 1.54) is 0 Å². The standard InChI is InChI=1S/C14H12BrNOS.C6H6/c1-18-13-5-3-2-4-10(13)12-8-9(15)6-7-11(12)14(16)17;1-2-4-6-5-3-1/h2-8H,1H3,(H2,16,17);1-6H. The van der Waals surface area contributed by atoms with Gasteiger partial charge in [0.25, 0.3) is 0 Å². The highest BCUT2D eigenvalue weighted by Crippen LogP contribution is 2.33. The van der Waals surface area contributed by atoms with Crippen molar-refractivity contribution >= 4 is 33.6 Å². The van der Waals surface area contributed by atoms with Gasteiger partial charge in [0.15, 0.2) is 0 Å². The number of halogens is 1. The normalized spacial score (nSPS) is 9.75. The van der Waals surface area contributed by atoms with Crippen molar-refractivity contribution in [3.8, 4) is 11.1 Å². The van der Waals surface area contributed by atoms with E-state index >= 15 is 0 Å². The van der Waals surface area contributed by atoms with Gasteiger partial charge < -0.3 is 5.73 Å². The Labute approximate surface area is 155 Å². The molecule has 0 saturated carbocycles. The quantitative estimate of drug-likeness (QED) is 0.580. The van der Waals surface area contributed by atoms with Crippen LogP contribution < -0.4 is 5.73 Å². The highest BCUT2D eigenvalue weighted by atomic mass is 79.9. The van der Waals surface area contributed by atoms with Gasteiger partial charge in [0.05, 0.1) is 0 Å². The van der Waals surface area contributed by atoms with Crippen LogP contribution in [0, 0.1) is 0 Å². The maximum atomic E-state index is 11.5. The van der Waals surface area contributed by atoms with Gasteiger partial charge in [-0.15, -0.1) is 11.8 Å². The first-order chi connectivity index (χ1) is 11.6. The van der Waals surface area contributed by atoms with Crippen molar-refractivity contribution in [2.75, 3.05) is 6.26 Å². The van der Waals surface area contributed by atoms with Crippen molar-refractivity contribution in [1.29, 1.82) is 0 Å². The van der Waals surface area contributed by atoms with Crippen molar-refractivity contribution < 1.29 is 4.79 Å². The van der Waals surface area contributed by atoms with Gasteiger partial charge in [-0.2, -0.15) is 0 Å². The van der Waals surface area contributed by atoms with Crippen molar-refractivity contribution in [1.82, 2.24) is 0 Å². The average Bonchev–Trinajstić information content (AvgIpc) is 2.63. The number of thioether (sulfide) groups is 1. The molecular formula is C20H18BrNOS. The Balaban J connectivity index is 0.000000292. The third-order valence-corrected chi connectivity index (χ3v) is 4.60. The van der Waals surface area contributed by atoms with Crippen LogP contribution in [-0.4, -0.2) is 12.2 Å². The van der Waals surface area contributed by atoms with Gasteiger partial charge in [-0.3, -0.25) is 4.79 Å². The molecule has 4 heteroatoms. The Morgan fingerprint density at radius 2 is 1.46 bits per heavy atom. The second-order valence-corrected chi connectivity index (χ2v) is 6.67. The number of primary amides is 1. The summed E-state index contributed by atoms with van der Waals surface area (Å²) in [7, 11) is 0.